The number of anilines is 1. The van der Waals surface area contributed by atoms with Gasteiger partial charge in [0.25, 0.3) is 0 Å². The van der Waals surface area contributed by atoms with E-state index in [1.165, 1.54) is 6.33 Å². The number of aliphatic hydroxyl groups is 3. The molecule has 2 saturated carbocycles. The molecule has 0 aromatic carbocycles. The molecule has 8 heteroatoms. The topological polar surface area (TPSA) is 130 Å². The minimum absolute atomic E-state index is 0.0795. The average molecular weight is 277 g/mol. The van der Waals surface area contributed by atoms with E-state index in [0.29, 0.717) is 11.2 Å². The van der Waals surface area contributed by atoms with E-state index < -0.39 is 18.3 Å². The van der Waals surface area contributed by atoms with Gasteiger partial charge in [0.15, 0.2) is 11.5 Å². The molecule has 0 aliphatic heterocycles. The molecule has 106 valence electrons. The molecule has 0 amide bonds. The van der Waals surface area contributed by atoms with Crippen molar-refractivity contribution in [3.05, 3.63) is 12.7 Å². The van der Waals surface area contributed by atoms with Gasteiger partial charge in [-0.2, -0.15) is 0 Å². The van der Waals surface area contributed by atoms with E-state index in [-0.39, 0.29) is 23.7 Å². The van der Waals surface area contributed by atoms with Crippen LogP contribution in [-0.2, 0) is 0 Å². The Morgan fingerprint density at radius 2 is 2.20 bits per heavy atom. The van der Waals surface area contributed by atoms with Crippen LogP contribution in [0, 0.1) is 11.8 Å². The number of nitrogens with two attached hydrogens (primary N) is 1. The van der Waals surface area contributed by atoms with E-state index in [9.17, 15) is 15.3 Å². The van der Waals surface area contributed by atoms with Crippen molar-refractivity contribution in [1.82, 2.24) is 19.5 Å². The van der Waals surface area contributed by atoms with Crippen LogP contribution in [-0.4, -0.2) is 53.2 Å². The molecule has 0 spiro atoms. The minimum Gasteiger partial charge on any atom is -0.393 e. The Bertz CT molecular complexity index is 689. The Morgan fingerprint density at radius 1 is 1.40 bits per heavy atom. The number of imidazole rings is 1. The molecule has 8 nitrogen and oxygen atoms in total. The quantitative estimate of drug-likeness (QED) is 0.535. The van der Waals surface area contributed by atoms with Crippen molar-refractivity contribution in [1.29, 1.82) is 0 Å². The highest BCUT2D eigenvalue weighted by molar-refractivity contribution is 5.81. The zero-order valence-corrected chi connectivity index (χ0v) is 10.6. The van der Waals surface area contributed by atoms with Gasteiger partial charge < -0.3 is 25.6 Å². The summed E-state index contributed by atoms with van der Waals surface area (Å²) in [4.78, 5) is 12.2. The summed E-state index contributed by atoms with van der Waals surface area (Å²) in [5.41, 5.74) is 5.33. The molecule has 0 radical (unpaired) electrons. The third-order valence-electron chi connectivity index (χ3n) is 4.72. The van der Waals surface area contributed by atoms with Gasteiger partial charge in [0.2, 0.25) is 0 Å². The summed E-state index contributed by atoms with van der Waals surface area (Å²) < 4.78 is 1.73. The summed E-state index contributed by atoms with van der Waals surface area (Å²) in [6.45, 7) is -0.449. The van der Waals surface area contributed by atoms with Gasteiger partial charge in [-0.05, 0) is 18.3 Å². The second-order valence-electron chi connectivity index (χ2n) is 5.67. The van der Waals surface area contributed by atoms with Crippen molar-refractivity contribution in [2.75, 3.05) is 12.3 Å². The van der Waals surface area contributed by atoms with Gasteiger partial charge in [-0.1, -0.05) is 0 Å². The molecule has 2 heterocycles. The van der Waals surface area contributed by atoms with Gasteiger partial charge in [0, 0.05) is 0 Å². The van der Waals surface area contributed by atoms with Crippen LogP contribution in [0.4, 0.5) is 5.82 Å². The summed E-state index contributed by atoms with van der Waals surface area (Å²) in [7, 11) is 0. The van der Waals surface area contributed by atoms with Gasteiger partial charge in [-0.25, -0.2) is 15.0 Å². The first-order chi connectivity index (χ1) is 9.58. The summed E-state index contributed by atoms with van der Waals surface area (Å²) in [6, 6.07) is -0.351. The number of rotatable bonds is 2. The maximum Gasteiger partial charge on any atom is 0.165 e. The predicted molar refractivity (Wildman–Crippen MR) is 68.4 cm³/mol. The van der Waals surface area contributed by atoms with Crippen molar-refractivity contribution >= 4 is 17.0 Å². The number of aromatic nitrogens is 4. The molecule has 2 aliphatic carbocycles. The second kappa shape index (κ2) is 3.66. The first-order valence-electron chi connectivity index (χ1n) is 6.52. The normalized spacial score (nSPS) is 39.1. The summed E-state index contributed by atoms with van der Waals surface area (Å²) >= 11 is 0. The summed E-state index contributed by atoms with van der Waals surface area (Å²) in [5, 5.41) is 30.1. The monoisotopic (exact) mass is 277 g/mol. The average Bonchev–Trinajstić information content (AvgIpc) is 3.06. The Balaban J connectivity index is 1.83. The van der Waals surface area contributed by atoms with Crippen LogP contribution >= 0.6 is 0 Å². The zero-order valence-electron chi connectivity index (χ0n) is 10.6. The maximum atomic E-state index is 10.4. The van der Waals surface area contributed by atoms with Crippen molar-refractivity contribution in [2.24, 2.45) is 11.8 Å². The number of hydrogen-bond donors (Lipinski definition) is 4. The van der Waals surface area contributed by atoms with Gasteiger partial charge >= 0.3 is 0 Å². The largest absolute Gasteiger partial charge is 0.393 e. The van der Waals surface area contributed by atoms with E-state index in [4.69, 9.17) is 5.73 Å². The highest BCUT2D eigenvalue weighted by Gasteiger charge is 2.68. The molecule has 4 rings (SSSR count). The highest BCUT2D eigenvalue weighted by Crippen LogP contribution is 2.62. The molecular weight excluding hydrogens is 262 g/mol. The van der Waals surface area contributed by atoms with E-state index in [2.05, 4.69) is 15.0 Å². The fraction of sp³-hybridized carbons (Fsp3) is 0.583. The van der Waals surface area contributed by atoms with Crippen LogP contribution in [0.15, 0.2) is 12.7 Å². The fourth-order valence-corrected chi connectivity index (χ4v) is 3.57. The molecule has 5 atom stereocenters. The molecule has 0 unspecified atom stereocenters. The van der Waals surface area contributed by atoms with Gasteiger partial charge in [-0.3, -0.25) is 0 Å². The first-order valence-corrected chi connectivity index (χ1v) is 6.52. The molecule has 20 heavy (non-hydrogen) atoms. The number of nitrogen functional groups attached to an aromatic ring is 1. The first kappa shape index (κ1) is 12.0. The lowest BCUT2D eigenvalue weighted by Gasteiger charge is -2.30. The van der Waals surface area contributed by atoms with Gasteiger partial charge in [0.1, 0.15) is 23.5 Å². The zero-order chi connectivity index (χ0) is 14.1. The van der Waals surface area contributed by atoms with Crippen LogP contribution in [0.3, 0.4) is 0 Å². The van der Waals surface area contributed by atoms with Crippen LogP contribution in [0.5, 0.6) is 0 Å². The molecule has 2 fully saturated rings. The third-order valence-corrected chi connectivity index (χ3v) is 4.72. The van der Waals surface area contributed by atoms with Crippen molar-refractivity contribution < 1.29 is 15.3 Å². The Labute approximate surface area is 113 Å². The molecule has 5 N–H and O–H groups in total. The van der Waals surface area contributed by atoms with E-state index in [1.54, 1.807) is 10.9 Å². The molecule has 0 bridgehead atoms. The van der Waals surface area contributed by atoms with Gasteiger partial charge in [0.05, 0.1) is 19.0 Å². The molecule has 2 aromatic heterocycles. The highest BCUT2D eigenvalue weighted by atomic mass is 16.4. The molecule has 2 aliphatic rings. The smallest absolute Gasteiger partial charge is 0.165 e. The fourth-order valence-electron chi connectivity index (χ4n) is 3.57. The number of aliphatic hydroxyl groups excluding tert-OH is 2. The van der Waals surface area contributed by atoms with Crippen molar-refractivity contribution in [2.45, 2.75) is 24.2 Å². The number of nitrogens with zero attached hydrogens (tertiary/aromatic N) is 4. The van der Waals surface area contributed by atoms with Crippen LogP contribution < -0.4 is 5.73 Å². The van der Waals surface area contributed by atoms with E-state index in [0.717, 1.165) is 6.42 Å². The summed E-state index contributed by atoms with van der Waals surface area (Å²) in [6.07, 6.45) is 2.63. The lowest BCUT2D eigenvalue weighted by Crippen LogP contribution is -2.47. The number of fused-ring (bicyclic) bond motifs is 2. The second-order valence-corrected chi connectivity index (χ2v) is 5.67. The Hall–Kier alpha value is -1.77. The Kier molecular flexibility index (Phi) is 2.20. The Morgan fingerprint density at radius 3 is 2.90 bits per heavy atom. The van der Waals surface area contributed by atoms with Crippen LogP contribution in [0.2, 0.25) is 0 Å². The van der Waals surface area contributed by atoms with Crippen molar-refractivity contribution in [3.8, 4) is 0 Å². The lowest BCUT2D eigenvalue weighted by molar-refractivity contribution is -0.113. The predicted octanol–water partition coefficient (Wildman–Crippen LogP) is -1.32. The van der Waals surface area contributed by atoms with E-state index in [1.807, 2.05) is 0 Å². The standard InChI is InChI=1S/C12H15N5O3/c13-10-7-11(15-3-14-10)17(4-16-7)8-5-1-6(5)12(20,2-18)9(8)19/h3-6,8-9,18-20H,1-2H2,(H2,13,14,15)/t5-,6+,8+,9-,12+/m0/s1. The molecule has 0 saturated heterocycles. The lowest BCUT2D eigenvalue weighted by atomic mass is 9.94. The van der Waals surface area contributed by atoms with Crippen LogP contribution in [0.1, 0.15) is 12.5 Å². The van der Waals surface area contributed by atoms with Gasteiger partial charge in [-0.15, -0.1) is 0 Å². The summed E-state index contributed by atoms with van der Waals surface area (Å²) in [5.74, 6) is 0.325. The minimum atomic E-state index is -1.44. The SMILES string of the molecule is Nc1ncnc2c1ncn2[C@@H]1[C@H]2C[C@H]2[C@](O)(CO)[C@H]1O. The maximum absolute atomic E-state index is 10.4. The molecule has 2 aromatic rings. The third kappa shape index (κ3) is 1.28. The number of hydrogen-bond acceptors (Lipinski definition) is 7. The van der Waals surface area contributed by atoms with E-state index >= 15 is 0 Å². The van der Waals surface area contributed by atoms with Crippen LogP contribution in [0.25, 0.3) is 11.2 Å². The molecular formula is C12H15N5O3. The van der Waals surface area contributed by atoms with Crippen molar-refractivity contribution in [3.63, 3.8) is 0 Å².